The molecule has 4 heteroatoms. The highest BCUT2D eigenvalue weighted by Gasteiger charge is 1.98. The van der Waals surface area contributed by atoms with Crippen LogP contribution in [0.3, 0.4) is 0 Å². The maximum Gasteiger partial charge on any atom is 0.303 e. The molecule has 2 atom stereocenters. The van der Waals surface area contributed by atoms with Crippen LogP contribution in [0, 0.1) is 11.8 Å². The maximum atomic E-state index is 10.4. The summed E-state index contributed by atoms with van der Waals surface area (Å²) in [5.74, 6) is 5.38. The average Bonchev–Trinajstić information content (AvgIpc) is 2.88. The summed E-state index contributed by atoms with van der Waals surface area (Å²) < 4.78 is 5.33. The number of hydrogen-bond donors (Lipinski definition) is 2. The second-order valence-corrected chi connectivity index (χ2v) is 9.32. The molecule has 4 nitrogen and oxygen atoms in total. The number of aliphatic hydroxyl groups excluding tert-OH is 1. The van der Waals surface area contributed by atoms with E-state index >= 15 is 0 Å². The van der Waals surface area contributed by atoms with Gasteiger partial charge in [-0.05, 0) is 44.6 Å². The highest BCUT2D eigenvalue weighted by Crippen LogP contribution is 2.12. The lowest BCUT2D eigenvalue weighted by atomic mass is 10.1. The van der Waals surface area contributed by atoms with Gasteiger partial charge in [0.05, 0.1) is 6.10 Å². The first-order valence-electron chi connectivity index (χ1n) is 14.3. The quantitative estimate of drug-likeness (QED) is 0.0623. The van der Waals surface area contributed by atoms with Crippen LogP contribution in [0.25, 0.3) is 0 Å². The molecule has 0 bridgehead atoms. The molecule has 0 unspecified atom stereocenters. The topological polar surface area (TPSA) is 66.8 Å². The number of carbonyl (C=O) groups is 1. The van der Waals surface area contributed by atoms with Crippen molar-refractivity contribution in [1.29, 1.82) is 0 Å². The fourth-order valence-electron chi connectivity index (χ4n) is 3.69. The van der Waals surface area contributed by atoms with Gasteiger partial charge in [-0.3, -0.25) is 4.79 Å². The van der Waals surface area contributed by atoms with Crippen LogP contribution in [-0.4, -0.2) is 35.5 Å². The van der Waals surface area contributed by atoms with Crippen molar-refractivity contribution in [3.05, 3.63) is 60.8 Å². The van der Waals surface area contributed by atoms with Crippen molar-refractivity contribution in [2.45, 2.75) is 122 Å². The summed E-state index contributed by atoms with van der Waals surface area (Å²) in [4.78, 5) is 10.4. The zero-order chi connectivity index (χ0) is 27.2. The highest BCUT2D eigenvalue weighted by molar-refractivity contribution is 5.66. The van der Waals surface area contributed by atoms with Gasteiger partial charge in [0.25, 0.3) is 0 Å². The Morgan fingerprint density at radius 1 is 0.811 bits per heavy atom. The molecule has 0 radical (unpaired) electrons. The summed E-state index contributed by atoms with van der Waals surface area (Å²) in [7, 11) is 1.67. The van der Waals surface area contributed by atoms with E-state index in [1.165, 1.54) is 51.4 Å². The second kappa shape index (κ2) is 28.2. The summed E-state index contributed by atoms with van der Waals surface area (Å²) in [5.41, 5.74) is 0. The van der Waals surface area contributed by atoms with Gasteiger partial charge in [0, 0.05) is 20.0 Å². The third-order valence-corrected chi connectivity index (χ3v) is 5.90. The van der Waals surface area contributed by atoms with Crippen LogP contribution >= 0.6 is 0 Å². The molecule has 0 rings (SSSR count). The predicted molar refractivity (Wildman–Crippen MR) is 157 cm³/mol. The largest absolute Gasteiger partial charge is 0.481 e. The highest BCUT2D eigenvalue weighted by atomic mass is 16.5. The van der Waals surface area contributed by atoms with Crippen molar-refractivity contribution >= 4 is 5.97 Å². The van der Waals surface area contributed by atoms with E-state index in [-0.39, 0.29) is 6.10 Å². The lowest BCUT2D eigenvalue weighted by Gasteiger charge is -2.03. The van der Waals surface area contributed by atoms with E-state index < -0.39 is 12.1 Å². The van der Waals surface area contributed by atoms with E-state index in [0.29, 0.717) is 12.8 Å². The summed E-state index contributed by atoms with van der Waals surface area (Å²) in [5, 5.41) is 18.6. The molecule has 0 aliphatic heterocycles. The SMILES string of the molecule is CC/C=C\C[C@@H](C#C/C=C/C=C/[C@H](O)C/C=C\C/C=C\CCCCCCCCCCCCC(=O)O)OC. The average molecular weight is 513 g/mol. The number of aliphatic hydroxyl groups is 1. The van der Waals surface area contributed by atoms with Crippen LogP contribution in [0.5, 0.6) is 0 Å². The molecule has 0 aromatic rings. The zero-order valence-electron chi connectivity index (χ0n) is 23.5. The van der Waals surface area contributed by atoms with E-state index in [1.54, 1.807) is 19.3 Å². The van der Waals surface area contributed by atoms with Gasteiger partial charge in [-0.15, -0.1) is 0 Å². The van der Waals surface area contributed by atoms with Gasteiger partial charge >= 0.3 is 5.97 Å². The van der Waals surface area contributed by atoms with Gasteiger partial charge in [-0.2, -0.15) is 0 Å². The first-order valence-corrected chi connectivity index (χ1v) is 14.3. The number of carboxylic acids is 1. The van der Waals surface area contributed by atoms with Gasteiger partial charge in [-0.25, -0.2) is 0 Å². The Labute approximate surface area is 227 Å². The minimum atomic E-state index is -0.676. The van der Waals surface area contributed by atoms with Gasteiger partial charge in [-0.1, -0.05) is 125 Å². The van der Waals surface area contributed by atoms with Crippen LogP contribution in [0.15, 0.2) is 60.8 Å². The first kappa shape index (κ1) is 34.6. The Bertz CT molecular complexity index is 733. The molecule has 208 valence electrons. The Hall–Kier alpha value is -2.35. The molecule has 0 aliphatic carbocycles. The van der Waals surface area contributed by atoms with Gasteiger partial charge in [0.15, 0.2) is 0 Å². The van der Waals surface area contributed by atoms with E-state index in [4.69, 9.17) is 9.84 Å². The molecule has 0 saturated heterocycles. The van der Waals surface area contributed by atoms with E-state index in [1.807, 2.05) is 18.2 Å². The zero-order valence-corrected chi connectivity index (χ0v) is 23.5. The molecular formula is C33H52O4. The minimum absolute atomic E-state index is 0.0859. The number of hydrogen-bond acceptors (Lipinski definition) is 3. The van der Waals surface area contributed by atoms with E-state index in [2.05, 4.69) is 49.1 Å². The number of aliphatic carboxylic acids is 1. The monoisotopic (exact) mass is 512 g/mol. The van der Waals surface area contributed by atoms with Crippen molar-refractivity contribution in [2.24, 2.45) is 0 Å². The Morgan fingerprint density at radius 3 is 2.08 bits per heavy atom. The lowest BCUT2D eigenvalue weighted by molar-refractivity contribution is -0.137. The van der Waals surface area contributed by atoms with Gasteiger partial charge < -0.3 is 14.9 Å². The third kappa shape index (κ3) is 28.1. The number of rotatable bonds is 23. The summed E-state index contributed by atoms with van der Waals surface area (Å²) in [6.45, 7) is 2.10. The van der Waals surface area contributed by atoms with Crippen LogP contribution in [0.1, 0.15) is 110 Å². The lowest BCUT2D eigenvalue weighted by Crippen LogP contribution is -2.05. The molecule has 37 heavy (non-hydrogen) atoms. The molecule has 0 aromatic carbocycles. The normalized spacial score (nSPS) is 13.8. The summed E-state index contributed by atoms with van der Waals surface area (Å²) >= 11 is 0. The molecule has 0 saturated carbocycles. The molecule has 0 amide bonds. The first-order chi connectivity index (χ1) is 18.1. The van der Waals surface area contributed by atoms with Crippen molar-refractivity contribution in [2.75, 3.05) is 7.11 Å². The van der Waals surface area contributed by atoms with Crippen molar-refractivity contribution in [3.8, 4) is 11.8 Å². The van der Waals surface area contributed by atoms with Crippen molar-refractivity contribution in [1.82, 2.24) is 0 Å². The van der Waals surface area contributed by atoms with E-state index in [9.17, 15) is 9.90 Å². The van der Waals surface area contributed by atoms with Crippen molar-refractivity contribution in [3.63, 3.8) is 0 Å². The Balaban J connectivity index is 3.67. The predicted octanol–water partition coefficient (Wildman–Crippen LogP) is 8.49. The number of methoxy groups -OCH3 is 1. The summed E-state index contributed by atoms with van der Waals surface area (Å²) in [6, 6.07) is 0. The molecule has 0 heterocycles. The molecule has 0 aromatic heterocycles. The smallest absolute Gasteiger partial charge is 0.303 e. The standard InChI is InChI=1S/C33H52O4/c1-3-4-21-28-32(37-2)29-24-20-19-23-27-31(34)26-22-17-15-13-11-9-7-5-6-8-10-12-14-16-18-25-30-33(35)36/h4,11,13,17,19-23,27,31-32,34H,3,5-10,12,14-16,18,25-26,28,30H2,1-2H3,(H,35,36)/b13-11-,20-19+,21-4-,22-17-,27-23+/t31-,32+/m1/s1. The number of ether oxygens (including phenoxy) is 1. The maximum absolute atomic E-state index is 10.4. The number of allylic oxidation sites excluding steroid dienone is 7. The molecule has 2 N–H and O–H groups in total. The summed E-state index contributed by atoms with van der Waals surface area (Å²) in [6.07, 6.45) is 36.3. The fraction of sp³-hybridized carbons (Fsp3) is 0.606. The molecular weight excluding hydrogens is 460 g/mol. The van der Waals surface area contributed by atoms with Gasteiger partial charge in [0.2, 0.25) is 0 Å². The molecule has 0 aliphatic rings. The third-order valence-electron chi connectivity index (χ3n) is 5.90. The minimum Gasteiger partial charge on any atom is -0.481 e. The fourth-order valence-corrected chi connectivity index (χ4v) is 3.69. The Morgan fingerprint density at radius 2 is 1.43 bits per heavy atom. The van der Waals surface area contributed by atoms with Crippen LogP contribution in [0.2, 0.25) is 0 Å². The molecule has 0 fully saturated rings. The number of carboxylic acid groups (broad SMARTS) is 1. The molecule has 0 spiro atoms. The Kier molecular flexibility index (Phi) is 26.4. The number of unbranched alkanes of at least 4 members (excludes halogenated alkanes) is 10. The van der Waals surface area contributed by atoms with Crippen LogP contribution in [0.4, 0.5) is 0 Å². The van der Waals surface area contributed by atoms with Gasteiger partial charge in [0.1, 0.15) is 6.10 Å². The van der Waals surface area contributed by atoms with E-state index in [0.717, 1.165) is 38.5 Å². The second-order valence-electron chi connectivity index (χ2n) is 9.32. The van der Waals surface area contributed by atoms with Crippen molar-refractivity contribution < 1.29 is 19.7 Å². The van der Waals surface area contributed by atoms with Crippen LogP contribution < -0.4 is 0 Å². The van der Waals surface area contributed by atoms with Crippen LogP contribution in [-0.2, 0) is 9.53 Å².